The molecule has 3 aromatic rings. The second kappa shape index (κ2) is 9.14. The van der Waals surface area contributed by atoms with Crippen LogP contribution in [-0.2, 0) is 17.8 Å². The molecule has 0 aliphatic carbocycles. The van der Waals surface area contributed by atoms with E-state index in [0.717, 1.165) is 30.2 Å². The largest absolute Gasteiger partial charge is 0.354 e. The van der Waals surface area contributed by atoms with Gasteiger partial charge in [0.25, 0.3) is 5.56 Å². The van der Waals surface area contributed by atoms with Gasteiger partial charge in [-0.2, -0.15) is 4.98 Å². The fourth-order valence-electron chi connectivity index (χ4n) is 3.65. The molecular formula is C21H24ClN5O2S. The van der Waals surface area contributed by atoms with Gasteiger partial charge in [0.2, 0.25) is 5.91 Å². The summed E-state index contributed by atoms with van der Waals surface area (Å²) in [6.07, 6.45) is 4.46. The molecule has 1 amide bonds. The van der Waals surface area contributed by atoms with E-state index < -0.39 is 0 Å². The summed E-state index contributed by atoms with van der Waals surface area (Å²) in [5, 5.41) is 4.38. The highest BCUT2D eigenvalue weighted by atomic mass is 35.5. The molecule has 1 saturated heterocycles. The maximum atomic E-state index is 12.8. The van der Waals surface area contributed by atoms with Crippen molar-refractivity contribution in [1.82, 2.24) is 19.9 Å². The highest BCUT2D eigenvalue weighted by molar-refractivity contribution is 7.22. The van der Waals surface area contributed by atoms with E-state index in [-0.39, 0.29) is 18.0 Å². The minimum atomic E-state index is -0.221. The second-order valence-electron chi connectivity index (χ2n) is 7.75. The molecule has 30 heavy (non-hydrogen) atoms. The van der Waals surface area contributed by atoms with E-state index in [1.807, 2.05) is 24.3 Å². The van der Waals surface area contributed by atoms with Crippen LogP contribution >= 0.6 is 22.9 Å². The molecule has 1 N–H and O–H groups in total. The van der Waals surface area contributed by atoms with Crippen LogP contribution in [0.3, 0.4) is 0 Å². The molecule has 3 heterocycles. The molecule has 9 heteroatoms. The topological polar surface area (TPSA) is 80.1 Å². The van der Waals surface area contributed by atoms with Gasteiger partial charge >= 0.3 is 0 Å². The maximum Gasteiger partial charge on any atom is 0.273 e. The first kappa shape index (κ1) is 20.8. The van der Waals surface area contributed by atoms with Gasteiger partial charge in [-0.3, -0.25) is 14.2 Å². The number of aromatic nitrogens is 3. The van der Waals surface area contributed by atoms with Gasteiger partial charge in [-0.15, -0.1) is 0 Å². The summed E-state index contributed by atoms with van der Waals surface area (Å²) in [6, 6.07) is 7.52. The van der Waals surface area contributed by atoms with E-state index in [0.29, 0.717) is 34.3 Å². The van der Waals surface area contributed by atoms with Crippen molar-refractivity contribution >= 4 is 44.3 Å². The van der Waals surface area contributed by atoms with Crippen LogP contribution in [0.5, 0.6) is 0 Å². The third-order valence-electron chi connectivity index (χ3n) is 5.26. The predicted molar refractivity (Wildman–Crippen MR) is 120 cm³/mol. The molecule has 4 rings (SSSR count). The standard InChI is InChI=1S/C21H24ClN5O2S/c1-14-3-2-10-26(11-14)21-25-19-18(30-21)20(29)27(13-24-19)12-17(28)23-9-8-15-4-6-16(22)7-5-15/h4-7,13-14H,2-3,8-12H2,1H3,(H,23,28)/t14-/m1/s1. The maximum absolute atomic E-state index is 12.8. The van der Waals surface area contributed by atoms with Gasteiger partial charge in [0.1, 0.15) is 17.6 Å². The van der Waals surface area contributed by atoms with Crippen LogP contribution in [0.25, 0.3) is 10.3 Å². The van der Waals surface area contributed by atoms with Crippen LogP contribution in [0.4, 0.5) is 5.13 Å². The number of nitrogens with zero attached hydrogens (tertiary/aromatic N) is 4. The zero-order valence-corrected chi connectivity index (χ0v) is 18.4. The number of halogens is 1. The molecule has 0 bridgehead atoms. The Balaban J connectivity index is 1.40. The van der Waals surface area contributed by atoms with Crippen LogP contribution < -0.4 is 15.8 Å². The minimum Gasteiger partial charge on any atom is -0.354 e. The zero-order chi connectivity index (χ0) is 21.1. The first-order valence-corrected chi connectivity index (χ1v) is 11.3. The Morgan fingerprint density at radius 2 is 2.13 bits per heavy atom. The lowest BCUT2D eigenvalue weighted by atomic mass is 10.0. The van der Waals surface area contributed by atoms with Gasteiger partial charge in [0.15, 0.2) is 10.8 Å². The van der Waals surface area contributed by atoms with Crippen LogP contribution in [0.1, 0.15) is 25.3 Å². The SMILES string of the molecule is C[C@@H]1CCCN(c2nc3ncn(CC(=O)NCCc4ccc(Cl)cc4)c(=O)c3s2)C1. The molecule has 2 aromatic heterocycles. The number of hydrogen-bond acceptors (Lipinski definition) is 6. The predicted octanol–water partition coefficient (Wildman–Crippen LogP) is 3.10. The molecule has 7 nitrogen and oxygen atoms in total. The van der Waals surface area contributed by atoms with Crippen molar-refractivity contribution in [3.63, 3.8) is 0 Å². The first-order valence-electron chi connectivity index (χ1n) is 10.1. The zero-order valence-electron chi connectivity index (χ0n) is 16.8. The average Bonchev–Trinajstić information content (AvgIpc) is 3.17. The average molecular weight is 446 g/mol. The number of anilines is 1. The molecule has 0 saturated carbocycles. The number of benzene rings is 1. The Hall–Kier alpha value is -2.45. The van der Waals surface area contributed by atoms with Crippen LogP contribution in [0.15, 0.2) is 35.4 Å². The molecular weight excluding hydrogens is 422 g/mol. The van der Waals surface area contributed by atoms with Gasteiger partial charge in [-0.1, -0.05) is 42.0 Å². The third kappa shape index (κ3) is 4.82. The smallest absolute Gasteiger partial charge is 0.273 e. The van der Waals surface area contributed by atoms with Crippen molar-refractivity contribution < 1.29 is 4.79 Å². The van der Waals surface area contributed by atoms with Gasteiger partial charge in [-0.05, 0) is 42.9 Å². The van der Waals surface area contributed by atoms with E-state index in [1.165, 1.54) is 28.7 Å². The fourth-order valence-corrected chi connectivity index (χ4v) is 4.78. The van der Waals surface area contributed by atoms with Gasteiger partial charge in [0.05, 0.1) is 0 Å². The van der Waals surface area contributed by atoms with E-state index >= 15 is 0 Å². The van der Waals surface area contributed by atoms with Gasteiger partial charge in [0, 0.05) is 24.7 Å². The van der Waals surface area contributed by atoms with E-state index in [2.05, 4.69) is 27.1 Å². The quantitative estimate of drug-likeness (QED) is 0.630. The van der Waals surface area contributed by atoms with Crippen molar-refractivity contribution in [2.24, 2.45) is 5.92 Å². The third-order valence-corrected chi connectivity index (χ3v) is 6.61. The molecule has 1 atom stereocenters. The lowest BCUT2D eigenvalue weighted by molar-refractivity contribution is -0.121. The van der Waals surface area contributed by atoms with Crippen molar-refractivity contribution in [2.45, 2.75) is 32.7 Å². The Bertz CT molecular complexity index is 1090. The van der Waals surface area contributed by atoms with Crippen molar-refractivity contribution in [1.29, 1.82) is 0 Å². The number of piperidine rings is 1. The number of amides is 1. The first-order chi connectivity index (χ1) is 14.5. The number of rotatable bonds is 6. The molecule has 0 unspecified atom stereocenters. The second-order valence-corrected chi connectivity index (χ2v) is 9.16. The van der Waals surface area contributed by atoms with Crippen molar-refractivity contribution in [3.05, 3.63) is 51.5 Å². The van der Waals surface area contributed by atoms with Crippen LogP contribution in [0.2, 0.25) is 5.02 Å². The Kier molecular flexibility index (Phi) is 6.34. The molecule has 1 fully saturated rings. The van der Waals surface area contributed by atoms with E-state index in [1.54, 1.807) is 0 Å². The summed E-state index contributed by atoms with van der Waals surface area (Å²) in [5.74, 6) is 0.397. The highest BCUT2D eigenvalue weighted by Crippen LogP contribution is 2.29. The van der Waals surface area contributed by atoms with Crippen molar-refractivity contribution in [3.8, 4) is 0 Å². The minimum absolute atomic E-state index is 0.0592. The summed E-state index contributed by atoms with van der Waals surface area (Å²) in [4.78, 5) is 36.2. The number of fused-ring (bicyclic) bond motifs is 1. The Morgan fingerprint density at radius 3 is 2.90 bits per heavy atom. The molecule has 0 radical (unpaired) electrons. The number of hydrogen-bond donors (Lipinski definition) is 1. The highest BCUT2D eigenvalue weighted by Gasteiger charge is 2.21. The van der Waals surface area contributed by atoms with Crippen molar-refractivity contribution in [2.75, 3.05) is 24.5 Å². The monoisotopic (exact) mass is 445 g/mol. The summed E-state index contributed by atoms with van der Waals surface area (Å²) in [6.45, 7) is 4.56. The Labute approximate surface area is 183 Å². The number of carbonyl (C=O) groups is 1. The summed E-state index contributed by atoms with van der Waals surface area (Å²) < 4.78 is 1.85. The van der Waals surface area contributed by atoms with E-state index in [9.17, 15) is 9.59 Å². The molecule has 1 aliphatic heterocycles. The lowest BCUT2D eigenvalue weighted by Crippen LogP contribution is -2.34. The molecule has 0 spiro atoms. The van der Waals surface area contributed by atoms with Crippen LogP contribution in [-0.4, -0.2) is 40.1 Å². The number of nitrogens with one attached hydrogen (secondary N) is 1. The fraction of sp³-hybridized carbons (Fsp3) is 0.429. The molecule has 158 valence electrons. The van der Waals surface area contributed by atoms with Crippen LogP contribution in [0, 0.1) is 5.92 Å². The number of thiazole rings is 1. The summed E-state index contributed by atoms with van der Waals surface area (Å²) >= 11 is 7.25. The normalized spacial score (nSPS) is 16.7. The lowest BCUT2D eigenvalue weighted by Gasteiger charge is -2.30. The van der Waals surface area contributed by atoms with E-state index in [4.69, 9.17) is 11.6 Å². The summed E-state index contributed by atoms with van der Waals surface area (Å²) in [7, 11) is 0. The number of carbonyl (C=O) groups excluding carboxylic acids is 1. The van der Waals surface area contributed by atoms with Gasteiger partial charge in [-0.25, -0.2) is 4.98 Å². The van der Waals surface area contributed by atoms with Gasteiger partial charge < -0.3 is 10.2 Å². The molecule has 1 aliphatic rings. The molecule has 1 aromatic carbocycles. The Morgan fingerprint density at radius 1 is 1.33 bits per heavy atom. The summed E-state index contributed by atoms with van der Waals surface area (Å²) in [5.41, 5.74) is 1.32.